The van der Waals surface area contributed by atoms with Gasteiger partial charge in [0, 0.05) is 12.7 Å². The predicted molar refractivity (Wildman–Crippen MR) is 97.2 cm³/mol. The summed E-state index contributed by atoms with van der Waals surface area (Å²) in [7, 11) is 1.60. The topological polar surface area (TPSA) is 67.4 Å². The van der Waals surface area contributed by atoms with Gasteiger partial charge in [0.05, 0.1) is 10.9 Å². The van der Waals surface area contributed by atoms with Crippen LogP contribution in [0.25, 0.3) is 0 Å². The Morgan fingerprint density at radius 3 is 2.42 bits per heavy atom. The number of carbonyl (C=O) groups excluding carboxylic acids is 2. The predicted octanol–water partition coefficient (Wildman–Crippen LogP) is 3.06. The fourth-order valence-corrected chi connectivity index (χ4v) is 2.65. The maximum atomic E-state index is 12.0. The molecule has 0 bridgehead atoms. The monoisotopic (exact) mass is 390 g/mol. The fourth-order valence-electron chi connectivity index (χ4n) is 2.04. The second-order valence-electron chi connectivity index (χ2n) is 5.32. The molecule has 0 aromatic heterocycles. The Hall–Kier alpha value is -2.34. The van der Waals surface area contributed by atoms with Gasteiger partial charge in [-0.05, 0) is 58.2 Å². The number of likely N-dealkylation sites (N-methyl/N-ethyl adjacent to an activating group) is 1. The third kappa shape index (κ3) is 5.38. The standard InChI is InChI=1S/C18H19BrN2O3/c1-12-3-8-16(15(19)9-12)24-11-18(23)21-14-6-4-13(5-7-14)10-17(22)20-2/h3-9H,10-11H2,1-2H3,(H,20,22)(H,21,23). The van der Waals surface area contributed by atoms with E-state index in [0.29, 0.717) is 17.9 Å². The second kappa shape index (κ2) is 8.49. The summed E-state index contributed by atoms with van der Waals surface area (Å²) in [5.74, 6) is 0.321. The van der Waals surface area contributed by atoms with Gasteiger partial charge < -0.3 is 15.4 Å². The minimum atomic E-state index is -0.249. The first kappa shape index (κ1) is 18.0. The summed E-state index contributed by atoms with van der Waals surface area (Å²) in [6, 6.07) is 12.8. The summed E-state index contributed by atoms with van der Waals surface area (Å²) in [5.41, 5.74) is 2.65. The van der Waals surface area contributed by atoms with Crippen molar-refractivity contribution in [3.63, 3.8) is 0 Å². The van der Waals surface area contributed by atoms with Gasteiger partial charge in [-0.3, -0.25) is 9.59 Å². The van der Waals surface area contributed by atoms with Gasteiger partial charge in [0.1, 0.15) is 5.75 Å². The van der Waals surface area contributed by atoms with Crippen LogP contribution in [0.2, 0.25) is 0 Å². The van der Waals surface area contributed by atoms with E-state index in [2.05, 4.69) is 26.6 Å². The van der Waals surface area contributed by atoms with Gasteiger partial charge in [0.2, 0.25) is 5.91 Å². The molecule has 2 aromatic rings. The van der Waals surface area contributed by atoms with Crippen molar-refractivity contribution in [2.75, 3.05) is 19.0 Å². The van der Waals surface area contributed by atoms with Gasteiger partial charge in [-0.1, -0.05) is 18.2 Å². The molecule has 126 valence electrons. The number of aryl methyl sites for hydroxylation is 1. The molecule has 2 N–H and O–H groups in total. The molecule has 5 nitrogen and oxygen atoms in total. The zero-order chi connectivity index (χ0) is 17.5. The van der Waals surface area contributed by atoms with Gasteiger partial charge in [-0.2, -0.15) is 0 Å². The summed E-state index contributed by atoms with van der Waals surface area (Å²) in [6.07, 6.45) is 0.315. The number of amides is 2. The molecular weight excluding hydrogens is 372 g/mol. The average molecular weight is 391 g/mol. The number of rotatable bonds is 6. The van der Waals surface area contributed by atoms with Crippen molar-refractivity contribution in [2.24, 2.45) is 0 Å². The normalized spacial score (nSPS) is 10.1. The smallest absolute Gasteiger partial charge is 0.262 e. The van der Waals surface area contributed by atoms with Crippen molar-refractivity contribution in [1.82, 2.24) is 5.32 Å². The van der Waals surface area contributed by atoms with Gasteiger partial charge in [-0.15, -0.1) is 0 Å². The summed E-state index contributed by atoms with van der Waals surface area (Å²) in [4.78, 5) is 23.3. The number of nitrogens with one attached hydrogen (secondary N) is 2. The number of benzene rings is 2. The zero-order valence-electron chi connectivity index (χ0n) is 13.6. The number of hydrogen-bond donors (Lipinski definition) is 2. The molecule has 2 aromatic carbocycles. The lowest BCUT2D eigenvalue weighted by Gasteiger charge is -2.10. The summed E-state index contributed by atoms with van der Waals surface area (Å²) >= 11 is 3.41. The molecule has 0 fully saturated rings. The van der Waals surface area contributed by atoms with E-state index in [1.54, 1.807) is 19.2 Å². The van der Waals surface area contributed by atoms with E-state index in [-0.39, 0.29) is 18.4 Å². The van der Waals surface area contributed by atoms with Crippen LogP contribution in [-0.4, -0.2) is 25.5 Å². The van der Waals surface area contributed by atoms with Crippen LogP contribution in [0, 0.1) is 6.92 Å². The number of anilines is 1. The molecule has 0 unspecified atom stereocenters. The summed E-state index contributed by atoms with van der Waals surface area (Å²) in [6.45, 7) is 1.90. The van der Waals surface area contributed by atoms with Crippen LogP contribution >= 0.6 is 15.9 Å². The van der Waals surface area contributed by atoms with E-state index in [0.717, 1.165) is 15.6 Å². The Morgan fingerprint density at radius 1 is 1.08 bits per heavy atom. The quantitative estimate of drug-likeness (QED) is 0.796. The lowest BCUT2D eigenvalue weighted by molar-refractivity contribution is -0.120. The van der Waals surface area contributed by atoms with Gasteiger partial charge in [0.25, 0.3) is 5.91 Å². The first-order valence-electron chi connectivity index (χ1n) is 7.46. The molecule has 0 aliphatic carbocycles. The maximum absolute atomic E-state index is 12.0. The number of hydrogen-bond acceptors (Lipinski definition) is 3. The first-order valence-corrected chi connectivity index (χ1v) is 8.25. The van der Waals surface area contributed by atoms with Crippen molar-refractivity contribution < 1.29 is 14.3 Å². The van der Waals surface area contributed by atoms with Gasteiger partial charge in [0.15, 0.2) is 6.61 Å². The second-order valence-corrected chi connectivity index (χ2v) is 6.17. The molecule has 0 radical (unpaired) electrons. The maximum Gasteiger partial charge on any atom is 0.262 e. The summed E-state index contributed by atoms with van der Waals surface area (Å²) in [5, 5.41) is 5.33. The highest BCUT2D eigenvalue weighted by molar-refractivity contribution is 9.10. The molecule has 0 aliphatic rings. The number of halogens is 1. The first-order chi connectivity index (χ1) is 11.5. The Bertz CT molecular complexity index is 730. The van der Waals surface area contributed by atoms with Crippen LogP contribution in [0.5, 0.6) is 5.75 Å². The van der Waals surface area contributed by atoms with E-state index in [1.165, 1.54) is 0 Å². The van der Waals surface area contributed by atoms with Crippen LogP contribution in [0.3, 0.4) is 0 Å². The highest BCUT2D eigenvalue weighted by atomic mass is 79.9. The van der Waals surface area contributed by atoms with Crippen molar-refractivity contribution in [3.05, 3.63) is 58.1 Å². The number of ether oxygens (including phenoxy) is 1. The molecule has 6 heteroatoms. The van der Waals surface area contributed by atoms with E-state index in [9.17, 15) is 9.59 Å². The van der Waals surface area contributed by atoms with Crippen LogP contribution in [0.4, 0.5) is 5.69 Å². The average Bonchev–Trinajstić information content (AvgIpc) is 2.55. The van der Waals surface area contributed by atoms with Crippen LogP contribution in [0.15, 0.2) is 46.9 Å². The van der Waals surface area contributed by atoms with Crippen molar-refractivity contribution in [2.45, 2.75) is 13.3 Å². The van der Waals surface area contributed by atoms with Gasteiger partial charge >= 0.3 is 0 Å². The molecular formula is C18H19BrN2O3. The molecule has 0 saturated heterocycles. The van der Waals surface area contributed by atoms with Crippen molar-refractivity contribution >= 4 is 33.4 Å². The third-order valence-electron chi connectivity index (χ3n) is 3.33. The molecule has 0 heterocycles. The largest absolute Gasteiger partial charge is 0.483 e. The van der Waals surface area contributed by atoms with Crippen LogP contribution < -0.4 is 15.4 Å². The summed E-state index contributed by atoms with van der Waals surface area (Å²) < 4.78 is 6.32. The highest BCUT2D eigenvalue weighted by Gasteiger charge is 2.07. The van der Waals surface area contributed by atoms with Gasteiger partial charge in [-0.25, -0.2) is 0 Å². The molecule has 24 heavy (non-hydrogen) atoms. The molecule has 0 aliphatic heterocycles. The molecule has 0 atom stereocenters. The van der Waals surface area contributed by atoms with E-state index in [1.807, 2.05) is 37.3 Å². The Balaban J connectivity index is 1.86. The van der Waals surface area contributed by atoms with Crippen molar-refractivity contribution in [3.8, 4) is 5.75 Å². The molecule has 2 rings (SSSR count). The zero-order valence-corrected chi connectivity index (χ0v) is 15.1. The SMILES string of the molecule is CNC(=O)Cc1ccc(NC(=O)COc2ccc(C)cc2Br)cc1. The van der Waals surface area contributed by atoms with E-state index in [4.69, 9.17) is 4.74 Å². The molecule has 0 saturated carbocycles. The van der Waals surface area contributed by atoms with E-state index < -0.39 is 0 Å². The van der Waals surface area contributed by atoms with Crippen LogP contribution in [-0.2, 0) is 16.0 Å². The Labute approximate surface area is 149 Å². The Kier molecular flexibility index (Phi) is 6.37. The van der Waals surface area contributed by atoms with Crippen molar-refractivity contribution in [1.29, 1.82) is 0 Å². The minimum Gasteiger partial charge on any atom is -0.483 e. The number of carbonyl (C=O) groups is 2. The fraction of sp³-hybridized carbons (Fsp3) is 0.222. The molecule has 2 amide bonds. The lowest BCUT2D eigenvalue weighted by Crippen LogP contribution is -2.21. The van der Waals surface area contributed by atoms with Crippen LogP contribution in [0.1, 0.15) is 11.1 Å². The Morgan fingerprint density at radius 2 is 1.79 bits per heavy atom. The van der Waals surface area contributed by atoms with E-state index >= 15 is 0 Å². The lowest BCUT2D eigenvalue weighted by atomic mass is 10.1. The highest BCUT2D eigenvalue weighted by Crippen LogP contribution is 2.25. The molecule has 0 spiro atoms. The third-order valence-corrected chi connectivity index (χ3v) is 3.95. The minimum absolute atomic E-state index is 0.0520.